The SMILES string of the molecule is CCn1nc(C)cc1CC(F)(CN)C(C)C. The number of alkyl halides is 1. The van der Waals surface area contributed by atoms with Crippen molar-refractivity contribution in [3.8, 4) is 0 Å². The summed E-state index contributed by atoms with van der Waals surface area (Å²) < 4.78 is 16.3. The fourth-order valence-corrected chi connectivity index (χ4v) is 1.83. The highest BCUT2D eigenvalue weighted by Gasteiger charge is 2.33. The topological polar surface area (TPSA) is 43.8 Å². The third-order valence-corrected chi connectivity index (χ3v) is 3.13. The molecule has 2 N–H and O–H groups in total. The zero-order valence-electron chi connectivity index (χ0n) is 10.6. The van der Waals surface area contributed by atoms with E-state index in [9.17, 15) is 4.39 Å². The van der Waals surface area contributed by atoms with E-state index < -0.39 is 5.67 Å². The first kappa shape index (κ1) is 13.2. The average Bonchev–Trinajstić information content (AvgIpc) is 2.58. The monoisotopic (exact) mass is 227 g/mol. The highest BCUT2D eigenvalue weighted by atomic mass is 19.1. The molecule has 0 aliphatic rings. The number of rotatable bonds is 5. The van der Waals surface area contributed by atoms with Crippen LogP contribution in [0.15, 0.2) is 6.07 Å². The van der Waals surface area contributed by atoms with Crippen LogP contribution in [-0.4, -0.2) is 22.0 Å². The Balaban J connectivity index is 2.93. The number of nitrogens with two attached hydrogens (primary N) is 1. The average molecular weight is 227 g/mol. The van der Waals surface area contributed by atoms with Crippen LogP contribution < -0.4 is 5.73 Å². The molecule has 0 aliphatic heterocycles. The summed E-state index contributed by atoms with van der Waals surface area (Å²) in [6, 6.07) is 1.94. The van der Waals surface area contributed by atoms with Gasteiger partial charge in [-0.3, -0.25) is 4.68 Å². The second-order valence-electron chi connectivity index (χ2n) is 4.66. The molecule has 0 radical (unpaired) electrons. The van der Waals surface area contributed by atoms with Crippen LogP contribution in [0.1, 0.15) is 32.2 Å². The van der Waals surface area contributed by atoms with E-state index in [1.165, 1.54) is 0 Å². The van der Waals surface area contributed by atoms with Crippen molar-refractivity contribution in [2.24, 2.45) is 11.7 Å². The first-order valence-corrected chi connectivity index (χ1v) is 5.85. The molecule has 0 amide bonds. The van der Waals surface area contributed by atoms with Gasteiger partial charge >= 0.3 is 0 Å². The molecule has 0 bridgehead atoms. The lowest BCUT2D eigenvalue weighted by atomic mass is 9.88. The van der Waals surface area contributed by atoms with Crippen LogP contribution in [0.25, 0.3) is 0 Å². The molecule has 0 saturated carbocycles. The molecule has 0 aromatic carbocycles. The Morgan fingerprint density at radius 3 is 2.62 bits per heavy atom. The molecule has 1 heterocycles. The minimum absolute atomic E-state index is 0.0542. The van der Waals surface area contributed by atoms with Crippen molar-refractivity contribution in [3.05, 3.63) is 17.5 Å². The fourth-order valence-electron chi connectivity index (χ4n) is 1.83. The van der Waals surface area contributed by atoms with Gasteiger partial charge in [-0.15, -0.1) is 0 Å². The van der Waals surface area contributed by atoms with Crippen molar-refractivity contribution >= 4 is 0 Å². The van der Waals surface area contributed by atoms with Gasteiger partial charge in [0.2, 0.25) is 0 Å². The van der Waals surface area contributed by atoms with Crippen LogP contribution in [0.3, 0.4) is 0 Å². The van der Waals surface area contributed by atoms with Gasteiger partial charge in [0, 0.05) is 25.2 Å². The Bertz CT molecular complexity index is 346. The van der Waals surface area contributed by atoms with Gasteiger partial charge in [-0.2, -0.15) is 5.10 Å². The smallest absolute Gasteiger partial charge is 0.130 e. The number of halogens is 1. The first-order valence-electron chi connectivity index (χ1n) is 5.85. The Hall–Kier alpha value is -0.900. The summed E-state index contributed by atoms with van der Waals surface area (Å²) in [5, 5.41) is 4.32. The van der Waals surface area contributed by atoms with Crippen LogP contribution in [0.5, 0.6) is 0 Å². The van der Waals surface area contributed by atoms with E-state index >= 15 is 0 Å². The van der Waals surface area contributed by atoms with E-state index in [1.54, 1.807) is 0 Å². The van der Waals surface area contributed by atoms with E-state index in [0.29, 0.717) is 6.42 Å². The molecular weight excluding hydrogens is 205 g/mol. The van der Waals surface area contributed by atoms with Crippen molar-refractivity contribution in [1.29, 1.82) is 0 Å². The van der Waals surface area contributed by atoms with Gasteiger partial charge in [0.15, 0.2) is 0 Å². The third kappa shape index (κ3) is 2.61. The Morgan fingerprint density at radius 1 is 1.56 bits per heavy atom. The molecular formula is C12H22FN3. The second-order valence-corrected chi connectivity index (χ2v) is 4.66. The number of hydrogen-bond acceptors (Lipinski definition) is 2. The number of aromatic nitrogens is 2. The molecule has 4 heteroatoms. The van der Waals surface area contributed by atoms with Gasteiger partial charge in [0.25, 0.3) is 0 Å². The summed E-state index contributed by atoms with van der Waals surface area (Å²) in [4.78, 5) is 0. The largest absolute Gasteiger partial charge is 0.328 e. The Morgan fingerprint density at radius 2 is 2.19 bits per heavy atom. The van der Waals surface area contributed by atoms with Crippen LogP contribution >= 0.6 is 0 Å². The summed E-state index contributed by atoms with van der Waals surface area (Å²) in [6.07, 6.45) is 0.343. The maximum atomic E-state index is 14.5. The van der Waals surface area contributed by atoms with Gasteiger partial charge in [0.05, 0.1) is 5.69 Å². The van der Waals surface area contributed by atoms with Crippen LogP contribution in [0, 0.1) is 12.8 Å². The minimum atomic E-state index is -1.33. The predicted octanol–water partition coefficient (Wildman–Crippen LogP) is 2.08. The minimum Gasteiger partial charge on any atom is -0.328 e. The molecule has 16 heavy (non-hydrogen) atoms. The summed E-state index contributed by atoms with van der Waals surface area (Å²) in [5.74, 6) is -0.0852. The van der Waals surface area contributed by atoms with Crippen molar-refractivity contribution in [2.75, 3.05) is 6.54 Å². The summed E-state index contributed by atoms with van der Waals surface area (Å²) in [6.45, 7) is 8.49. The zero-order chi connectivity index (χ0) is 12.3. The lowest BCUT2D eigenvalue weighted by Crippen LogP contribution is -2.41. The van der Waals surface area contributed by atoms with Crippen LogP contribution in [-0.2, 0) is 13.0 Å². The van der Waals surface area contributed by atoms with Gasteiger partial charge in [-0.25, -0.2) is 4.39 Å². The zero-order valence-corrected chi connectivity index (χ0v) is 10.6. The standard InChI is InChI=1S/C12H22FN3/c1-5-16-11(6-10(4)15-16)7-12(13,8-14)9(2)3/h6,9H,5,7-8,14H2,1-4H3. The van der Waals surface area contributed by atoms with Gasteiger partial charge in [-0.1, -0.05) is 13.8 Å². The predicted molar refractivity (Wildman–Crippen MR) is 64.1 cm³/mol. The fraction of sp³-hybridized carbons (Fsp3) is 0.750. The van der Waals surface area contributed by atoms with Gasteiger partial charge in [-0.05, 0) is 25.8 Å². The van der Waals surface area contributed by atoms with E-state index in [1.807, 2.05) is 38.4 Å². The van der Waals surface area contributed by atoms with Crippen LogP contribution in [0.2, 0.25) is 0 Å². The van der Waals surface area contributed by atoms with Gasteiger partial charge in [0.1, 0.15) is 5.67 Å². The molecule has 0 aliphatic carbocycles. The summed E-state index contributed by atoms with van der Waals surface area (Å²) >= 11 is 0. The maximum Gasteiger partial charge on any atom is 0.130 e. The lowest BCUT2D eigenvalue weighted by Gasteiger charge is -2.27. The molecule has 1 atom stereocenters. The van der Waals surface area contributed by atoms with Crippen molar-refractivity contribution in [1.82, 2.24) is 9.78 Å². The Kier molecular flexibility index (Phi) is 4.08. The highest BCUT2D eigenvalue weighted by Crippen LogP contribution is 2.26. The molecule has 1 aromatic heterocycles. The lowest BCUT2D eigenvalue weighted by molar-refractivity contribution is 0.108. The molecule has 1 aromatic rings. The van der Waals surface area contributed by atoms with E-state index in [2.05, 4.69) is 5.10 Å². The summed E-state index contributed by atoms with van der Waals surface area (Å²) in [5.41, 5.74) is 6.08. The third-order valence-electron chi connectivity index (χ3n) is 3.13. The van der Waals surface area contributed by atoms with E-state index in [-0.39, 0.29) is 12.5 Å². The molecule has 1 unspecified atom stereocenters. The van der Waals surface area contributed by atoms with Crippen molar-refractivity contribution in [3.63, 3.8) is 0 Å². The second kappa shape index (κ2) is 4.95. The van der Waals surface area contributed by atoms with Crippen LogP contribution in [0.4, 0.5) is 4.39 Å². The number of hydrogen-bond donors (Lipinski definition) is 1. The van der Waals surface area contributed by atoms with E-state index in [4.69, 9.17) is 5.73 Å². The number of nitrogens with zero attached hydrogens (tertiary/aromatic N) is 2. The number of aryl methyl sites for hydroxylation is 2. The quantitative estimate of drug-likeness (QED) is 0.837. The summed E-state index contributed by atoms with van der Waals surface area (Å²) in [7, 11) is 0. The van der Waals surface area contributed by atoms with Crippen molar-refractivity contribution in [2.45, 2.75) is 46.3 Å². The Labute approximate surface area is 96.8 Å². The van der Waals surface area contributed by atoms with Crippen molar-refractivity contribution < 1.29 is 4.39 Å². The highest BCUT2D eigenvalue weighted by molar-refractivity contribution is 5.12. The first-order chi connectivity index (χ1) is 7.42. The maximum absolute atomic E-state index is 14.5. The molecule has 0 spiro atoms. The molecule has 1 rings (SSSR count). The molecule has 0 saturated heterocycles. The molecule has 92 valence electrons. The van der Waals surface area contributed by atoms with Gasteiger partial charge < -0.3 is 5.73 Å². The molecule has 3 nitrogen and oxygen atoms in total. The van der Waals surface area contributed by atoms with E-state index in [0.717, 1.165) is 17.9 Å². The normalized spacial score (nSPS) is 15.4. The molecule has 0 fully saturated rings.